The average molecular weight is 1070 g/mol. The SMILES string of the molecule is CCCC1(C)C(/C=C/C=C/C=C2/N(CCCCCC(=O)O)c3ccc4c(S(=O)(=O)O)cc(S(=O)(=O)O)cc4c3C2(C)CCCS(=O)(=O)O)=[N+](CCCS(=O)(=O)[O-])c2ccc3ccc(S(=O)(=O)O)cc3c21. The van der Waals surface area contributed by atoms with Gasteiger partial charge in [0.05, 0.1) is 31.1 Å². The van der Waals surface area contributed by atoms with Crippen LogP contribution in [0.1, 0.15) is 89.7 Å². The third kappa shape index (κ3) is 11.9. The van der Waals surface area contributed by atoms with Gasteiger partial charge in [-0.3, -0.25) is 23.0 Å². The number of carboxylic acids is 1. The van der Waals surface area contributed by atoms with E-state index in [0.717, 1.165) is 11.6 Å². The quantitative estimate of drug-likeness (QED) is 0.0231. The Hall–Kier alpha value is -4.89. The molecule has 2 aliphatic rings. The maximum atomic E-state index is 12.7. The van der Waals surface area contributed by atoms with Crippen molar-refractivity contribution < 1.29 is 79.3 Å². The van der Waals surface area contributed by atoms with Gasteiger partial charge in [0, 0.05) is 65.0 Å². The normalized spacial score (nSPS) is 19.7. The average Bonchev–Trinajstić information content (AvgIpc) is 3.61. The number of anilines is 1. The highest BCUT2D eigenvalue weighted by atomic mass is 32.2. The fourth-order valence-electron chi connectivity index (χ4n) is 10.0. The van der Waals surface area contributed by atoms with E-state index >= 15 is 0 Å². The van der Waals surface area contributed by atoms with E-state index in [0.29, 0.717) is 77.3 Å². The number of nitrogens with zero attached hydrogens (tertiary/aromatic N) is 2. The second-order valence-electron chi connectivity index (χ2n) is 17.9. The predicted molar refractivity (Wildman–Crippen MR) is 261 cm³/mol. The number of benzene rings is 4. The van der Waals surface area contributed by atoms with Crippen LogP contribution in [0, 0.1) is 0 Å². The Labute approximate surface area is 407 Å². The molecule has 2 aliphatic heterocycles. The van der Waals surface area contributed by atoms with Gasteiger partial charge in [-0.2, -0.15) is 38.2 Å². The molecule has 0 radical (unpaired) electrons. The molecular weight excluding hydrogens is 1010 g/mol. The standard InChI is InChI=1S/C46H54N2O17S5/c1-4-22-45(2)40(48(25-12-27-67(54,55)56)37-20-17-31-16-18-32(68(57,58)59)28-35(31)43(37)45)13-7-5-8-14-41-46(3,23-11-26-66(51,52)53)44-36-29-33(69(60,61)62)30-39(70(63,64)65)34(36)19-21-38(44)47(41)24-10-6-9-15-42(49)50/h5,7-8,13-14,16-21,28-30H,4,6,9-12,15,22-27H2,1-3H3,(H5-,49,50,51,52,53,54,55,56,57,58,59,60,61,62,63,64,65). The number of allylic oxidation sites excluding steroid dienone is 6. The minimum absolute atomic E-state index is 0.00808. The zero-order valence-electron chi connectivity index (χ0n) is 38.3. The highest BCUT2D eigenvalue weighted by Gasteiger charge is 2.49. The van der Waals surface area contributed by atoms with Gasteiger partial charge in [-0.15, -0.1) is 0 Å². The third-order valence-corrected chi connectivity index (χ3v) is 17.1. The van der Waals surface area contributed by atoms with E-state index in [9.17, 15) is 74.8 Å². The van der Waals surface area contributed by atoms with Crippen LogP contribution < -0.4 is 4.90 Å². The van der Waals surface area contributed by atoms with Crippen LogP contribution in [-0.4, -0.2) is 111 Å². The molecule has 2 atom stereocenters. The van der Waals surface area contributed by atoms with Gasteiger partial charge in [0.25, 0.3) is 40.5 Å². The summed E-state index contributed by atoms with van der Waals surface area (Å²) >= 11 is 0. The van der Waals surface area contributed by atoms with Crippen molar-refractivity contribution in [3.8, 4) is 0 Å². The molecule has 0 amide bonds. The highest BCUT2D eigenvalue weighted by molar-refractivity contribution is 7.87. The van der Waals surface area contributed by atoms with E-state index in [1.54, 1.807) is 55.5 Å². The molecule has 5 N–H and O–H groups in total. The maximum Gasteiger partial charge on any atom is 0.303 e. The molecule has 6 rings (SSSR count). The van der Waals surface area contributed by atoms with Gasteiger partial charge < -0.3 is 14.6 Å². The Balaban J connectivity index is 1.54. The first-order valence-electron chi connectivity index (χ1n) is 22.1. The minimum Gasteiger partial charge on any atom is -0.748 e. The summed E-state index contributed by atoms with van der Waals surface area (Å²) in [5.74, 6) is -2.32. The lowest BCUT2D eigenvalue weighted by atomic mass is 9.74. The van der Waals surface area contributed by atoms with Crippen LogP contribution in [0.4, 0.5) is 11.4 Å². The Morgan fingerprint density at radius 3 is 1.97 bits per heavy atom. The molecule has 0 bridgehead atoms. The minimum atomic E-state index is -5.11. The van der Waals surface area contributed by atoms with Crippen LogP contribution in [0.3, 0.4) is 0 Å². The Morgan fingerprint density at radius 2 is 1.36 bits per heavy atom. The number of unbranched alkanes of at least 4 members (excludes halogenated alkanes) is 2. The predicted octanol–water partition coefficient (Wildman–Crippen LogP) is 6.91. The number of aliphatic carboxylic acids is 1. The summed E-state index contributed by atoms with van der Waals surface area (Å²) < 4.78 is 177. The van der Waals surface area contributed by atoms with Crippen molar-refractivity contribution in [2.75, 3.05) is 29.5 Å². The number of carboxylic acid groups (broad SMARTS) is 1. The smallest absolute Gasteiger partial charge is 0.303 e. The van der Waals surface area contributed by atoms with Crippen molar-refractivity contribution >= 4 is 95.2 Å². The first kappa shape index (κ1) is 54.4. The van der Waals surface area contributed by atoms with Crippen LogP contribution in [0.25, 0.3) is 21.5 Å². The summed E-state index contributed by atoms with van der Waals surface area (Å²) in [6.45, 7) is 5.94. The molecule has 0 saturated carbocycles. The van der Waals surface area contributed by atoms with Crippen molar-refractivity contribution in [1.82, 2.24) is 0 Å². The topological polar surface area (TPSA) is 318 Å². The van der Waals surface area contributed by atoms with Crippen molar-refractivity contribution in [3.63, 3.8) is 0 Å². The van der Waals surface area contributed by atoms with Crippen LogP contribution in [0.2, 0.25) is 0 Å². The summed E-state index contributed by atoms with van der Waals surface area (Å²) in [5, 5.41) is 10.3. The number of hydrogen-bond acceptors (Lipinski definition) is 13. The second kappa shape index (κ2) is 20.3. The zero-order chi connectivity index (χ0) is 51.8. The first-order chi connectivity index (χ1) is 32.4. The van der Waals surface area contributed by atoms with E-state index in [-0.39, 0.29) is 54.4 Å². The van der Waals surface area contributed by atoms with Gasteiger partial charge in [-0.1, -0.05) is 50.1 Å². The summed E-state index contributed by atoms with van der Waals surface area (Å²) in [6.07, 6.45) is 10.6. The number of carbonyl (C=O) groups is 1. The highest BCUT2D eigenvalue weighted by Crippen LogP contribution is 2.54. The van der Waals surface area contributed by atoms with E-state index in [1.165, 1.54) is 18.2 Å². The summed E-state index contributed by atoms with van der Waals surface area (Å²) in [4.78, 5) is 11.2. The van der Waals surface area contributed by atoms with Crippen molar-refractivity contribution in [2.45, 2.75) is 104 Å². The summed E-state index contributed by atoms with van der Waals surface area (Å²) in [7, 11) is -23.9. The lowest BCUT2D eigenvalue weighted by Gasteiger charge is -2.31. The molecule has 0 saturated heterocycles. The molecule has 70 heavy (non-hydrogen) atoms. The van der Waals surface area contributed by atoms with E-state index in [1.807, 2.05) is 29.4 Å². The van der Waals surface area contributed by atoms with E-state index in [2.05, 4.69) is 0 Å². The Morgan fingerprint density at radius 1 is 0.686 bits per heavy atom. The zero-order valence-corrected chi connectivity index (χ0v) is 42.4. The van der Waals surface area contributed by atoms with Crippen LogP contribution >= 0.6 is 0 Å². The van der Waals surface area contributed by atoms with Gasteiger partial charge >= 0.3 is 5.97 Å². The molecule has 4 aromatic carbocycles. The summed E-state index contributed by atoms with van der Waals surface area (Å²) in [5.41, 5.74) is 1.14. The van der Waals surface area contributed by atoms with Crippen LogP contribution in [-0.2, 0) is 66.2 Å². The van der Waals surface area contributed by atoms with Crippen molar-refractivity contribution in [3.05, 3.63) is 102 Å². The Bertz CT molecular complexity index is 3480. The fraction of sp³-hybridized carbons (Fsp3) is 0.391. The molecule has 19 nitrogen and oxygen atoms in total. The monoisotopic (exact) mass is 1070 g/mol. The largest absolute Gasteiger partial charge is 0.748 e. The van der Waals surface area contributed by atoms with E-state index < -0.39 is 88.7 Å². The number of fused-ring (bicyclic) bond motifs is 6. The van der Waals surface area contributed by atoms with Gasteiger partial charge in [-0.05, 0) is 110 Å². The molecule has 0 aliphatic carbocycles. The fourth-order valence-corrected chi connectivity index (χ4v) is 12.9. The molecule has 2 unspecified atom stereocenters. The van der Waals surface area contributed by atoms with Crippen molar-refractivity contribution in [2.24, 2.45) is 0 Å². The molecule has 0 aromatic heterocycles. The maximum absolute atomic E-state index is 12.7. The molecule has 24 heteroatoms. The van der Waals surface area contributed by atoms with Crippen molar-refractivity contribution in [1.29, 1.82) is 0 Å². The molecular formula is C46H54N2O17S5. The van der Waals surface area contributed by atoms with Crippen LogP contribution in [0.15, 0.2) is 105 Å². The lowest BCUT2D eigenvalue weighted by molar-refractivity contribution is -0.437. The molecule has 0 fully saturated rings. The first-order valence-corrected chi connectivity index (χ1v) is 29.6. The molecule has 2 heterocycles. The van der Waals surface area contributed by atoms with E-state index in [4.69, 9.17) is 0 Å². The second-order valence-corrected chi connectivity index (χ2v) is 25.2. The van der Waals surface area contributed by atoms with Gasteiger partial charge in [0.15, 0.2) is 5.71 Å². The Kier molecular flexibility index (Phi) is 15.8. The number of hydrogen-bond donors (Lipinski definition) is 5. The summed E-state index contributed by atoms with van der Waals surface area (Å²) in [6, 6.07) is 12.4. The van der Waals surface area contributed by atoms with Gasteiger partial charge in [0.2, 0.25) is 5.69 Å². The van der Waals surface area contributed by atoms with Crippen LogP contribution in [0.5, 0.6) is 0 Å². The molecule has 380 valence electrons. The van der Waals surface area contributed by atoms with Gasteiger partial charge in [-0.25, -0.2) is 8.42 Å². The lowest BCUT2D eigenvalue weighted by Crippen LogP contribution is -2.31. The molecule has 0 spiro atoms. The number of rotatable bonds is 22. The molecule has 4 aromatic rings. The van der Waals surface area contributed by atoms with Gasteiger partial charge in [0.1, 0.15) is 11.4 Å². The third-order valence-electron chi connectivity index (χ3n) is 12.9.